The van der Waals surface area contributed by atoms with E-state index in [0.717, 1.165) is 23.5 Å². The molecule has 1 aliphatic carbocycles. The average molecular weight is 308 g/mol. The molecule has 3 rings (SSSR count). The SMILES string of the molecule is COC(=O)CC1(CSc2cc3[nH]c(=O)oc3cc2N)CC1. The second kappa shape index (κ2) is 5.14. The highest BCUT2D eigenvalue weighted by Crippen LogP contribution is 2.52. The Morgan fingerprint density at radius 3 is 2.95 bits per heavy atom. The lowest BCUT2D eigenvalue weighted by atomic mass is 10.1. The molecule has 6 nitrogen and oxygen atoms in total. The van der Waals surface area contributed by atoms with E-state index in [9.17, 15) is 9.59 Å². The third-order valence-corrected chi connectivity index (χ3v) is 5.21. The van der Waals surface area contributed by atoms with Crippen molar-refractivity contribution in [2.75, 3.05) is 18.6 Å². The fourth-order valence-corrected chi connectivity index (χ4v) is 3.56. The molecule has 0 radical (unpaired) electrons. The van der Waals surface area contributed by atoms with Crippen LogP contribution in [-0.2, 0) is 9.53 Å². The number of thioether (sulfide) groups is 1. The number of hydrogen-bond donors (Lipinski definition) is 2. The fraction of sp³-hybridized carbons (Fsp3) is 0.429. The number of rotatable bonds is 5. The summed E-state index contributed by atoms with van der Waals surface area (Å²) in [5.74, 6) is 0.145. The Morgan fingerprint density at radius 1 is 1.52 bits per heavy atom. The van der Waals surface area contributed by atoms with Gasteiger partial charge in [-0.2, -0.15) is 0 Å². The number of benzene rings is 1. The average Bonchev–Trinajstić information content (AvgIpc) is 3.10. The molecule has 0 amide bonds. The van der Waals surface area contributed by atoms with Gasteiger partial charge in [-0.05, 0) is 24.3 Å². The molecular formula is C14H16N2O4S. The maximum absolute atomic E-state index is 11.4. The zero-order chi connectivity index (χ0) is 15.0. The van der Waals surface area contributed by atoms with Crippen molar-refractivity contribution in [3.05, 3.63) is 22.7 Å². The summed E-state index contributed by atoms with van der Waals surface area (Å²) in [4.78, 5) is 26.1. The van der Waals surface area contributed by atoms with Gasteiger partial charge < -0.3 is 14.9 Å². The second-order valence-corrected chi connectivity index (χ2v) is 6.46. The number of hydrogen-bond acceptors (Lipinski definition) is 6. The molecule has 112 valence electrons. The van der Waals surface area contributed by atoms with E-state index in [0.29, 0.717) is 23.2 Å². The molecule has 0 atom stereocenters. The van der Waals surface area contributed by atoms with Crippen LogP contribution in [0.1, 0.15) is 19.3 Å². The number of aromatic amines is 1. The van der Waals surface area contributed by atoms with Crippen LogP contribution in [0.25, 0.3) is 11.1 Å². The van der Waals surface area contributed by atoms with E-state index < -0.39 is 5.76 Å². The van der Waals surface area contributed by atoms with Gasteiger partial charge in [0.2, 0.25) is 0 Å². The zero-order valence-electron chi connectivity index (χ0n) is 11.6. The summed E-state index contributed by atoms with van der Waals surface area (Å²) in [6.07, 6.45) is 2.50. The minimum absolute atomic E-state index is 0.0307. The largest absolute Gasteiger partial charge is 0.469 e. The van der Waals surface area contributed by atoms with E-state index in [1.54, 1.807) is 17.8 Å². The lowest BCUT2D eigenvalue weighted by molar-refractivity contribution is -0.141. The van der Waals surface area contributed by atoms with Gasteiger partial charge in [0.05, 0.1) is 19.0 Å². The molecule has 1 fully saturated rings. The van der Waals surface area contributed by atoms with Crippen molar-refractivity contribution in [1.82, 2.24) is 4.98 Å². The van der Waals surface area contributed by atoms with Crippen LogP contribution in [0.4, 0.5) is 5.69 Å². The number of oxazole rings is 1. The van der Waals surface area contributed by atoms with Crippen molar-refractivity contribution >= 4 is 34.5 Å². The van der Waals surface area contributed by atoms with Crippen LogP contribution in [0.2, 0.25) is 0 Å². The fourth-order valence-electron chi connectivity index (χ4n) is 2.28. The van der Waals surface area contributed by atoms with Gasteiger partial charge in [-0.25, -0.2) is 4.79 Å². The third kappa shape index (κ3) is 2.92. The van der Waals surface area contributed by atoms with Crippen LogP contribution in [-0.4, -0.2) is 23.8 Å². The first kappa shape index (κ1) is 14.1. The number of fused-ring (bicyclic) bond motifs is 1. The summed E-state index contributed by atoms with van der Waals surface area (Å²) in [5.41, 5.74) is 7.68. The van der Waals surface area contributed by atoms with Gasteiger partial charge in [0.25, 0.3) is 0 Å². The molecular weight excluding hydrogens is 292 g/mol. The van der Waals surface area contributed by atoms with Gasteiger partial charge in [0, 0.05) is 22.4 Å². The number of carbonyl (C=O) groups excluding carboxylic acids is 1. The smallest absolute Gasteiger partial charge is 0.417 e. The minimum Gasteiger partial charge on any atom is -0.469 e. The predicted octanol–water partition coefficient (Wildman–Crippen LogP) is 2.14. The number of H-pyrrole nitrogens is 1. The van der Waals surface area contributed by atoms with Crippen molar-refractivity contribution in [2.24, 2.45) is 5.41 Å². The molecule has 7 heteroatoms. The predicted molar refractivity (Wildman–Crippen MR) is 80.3 cm³/mol. The standard InChI is InChI=1S/C14H16N2O4S/c1-19-12(17)6-14(2-3-14)7-21-11-5-9-10(4-8(11)15)20-13(18)16-9/h4-5H,2-3,6-7,15H2,1H3,(H,16,18). The first-order chi connectivity index (χ1) is 10.0. The molecule has 1 saturated carbocycles. The summed E-state index contributed by atoms with van der Waals surface area (Å²) >= 11 is 1.60. The molecule has 3 N–H and O–H groups in total. The maximum Gasteiger partial charge on any atom is 0.417 e. The van der Waals surface area contributed by atoms with Crippen molar-refractivity contribution < 1.29 is 13.9 Å². The Kier molecular flexibility index (Phi) is 3.44. The highest BCUT2D eigenvalue weighted by atomic mass is 32.2. The molecule has 2 aromatic rings. The summed E-state index contributed by atoms with van der Waals surface area (Å²) in [5, 5.41) is 0. The molecule has 0 spiro atoms. The van der Waals surface area contributed by atoms with Crippen LogP contribution >= 0.6 is 11.8 Å². The number of anilines is 1. The Hall–Kier alpha value is -1.89. The van der Waals surface area contributed by atoms with Gasteiger partial charge in [0.15, 0.2) is 5.58 Å². The third-order valence-electron chi connectivity index (χ3n) is 3.79. The monoisotopic (exact) mass is 308 g/mol. The highest BCUT2D eigenvalue weighted by molar-refractivity contribution is 7.99. The Bertz CT molecular complexity index is 745. The first-order valence-corrected chi connectivity index (χ1v) is 7.62. The molecule has 21 heavy (non-hydrogen) atoms. The number of ether oxygens (including phenoxy) is 1. The normalized spacial score (nSPS) is 16.0. The van der Waals surface area contributed by atoms with Crippen molar-refractivity contribution in [1.29, 1.82) is 0 Å². The molecule has 1 aromatic carbocycles. The summed E-state index contributed by atoms with van der Waals surface area (Å²) < 4.78 is 9.70. The molecule has 0 bridgehead atoms. The highest BCUT2D eigenvalue weighted by Gasteiger charge is 2.44. The Balaban J connectivity index is 1.74. The Morgan fingerprint density at radius 2 is 2.29 bits per heavy atom. The number of nitrogen functional groups attached to an aromatic ring is 1. The molecule has 0 unspecified atom stereocenters. The maximum atomic E-state index is 11.4. The molecule has 1 heterocycles. The number of methoxy groups -OCH3 is 1. The van der Waals surface area contributed by atoms with Crippen LogP contribution in [0.15, 0.2) is 26.2 Å². The van der Waals surface area contributed by atoms with Crippen molar-refractivity contribution in [3.8, 4) is 0 Å². The second-order valence-electron chi connectivity index (χ2n) is 5.44. The van der Waals surface area contributed by atoms with Crippen molar-refractivity contribution in [2.45, 2.75) is 24.2 Å². The van der Waals surface area contributed by atoms with Gasteiger partial charge in [-0.3, -0.25) is 9.78 Å². The number of aromatic nitrogens is 1. The number of nitrogens with two attached hydrogens (primary N) is 1. The van der Waals surface area contributed by atoms with Crippen molar-refractivity contribution in [3.63, 3.8) is 0 Å². The van der Waals surface area contributed by atoms with E-state index in [1.807, 2.05) is 6.07 Å². The molecule has 1 aliphatic rings. The molecule has 0 saturated heterocycles. The van der Waals surface area contributed by atoms with Gasteiger partial charge in [-0.1, -0.05) is 0 Å². The van der Waals surface area contributed by atoms with E-state index >= 15 is 0 Å². The first-order valence-electron chi connectivity index (χ1n) is 6.63. The summed E-state index contributed by atoms with van der Waals surface area (Å²) in [7, 11) is 1.41. The van der Waals surface area contributed by atoms with Crippen LogP contribution in [0.5, 0.6) is 0 Å². The quantitative estimate of drug-likeness (QED) is 0.499. The summed E-state index contributed by atoms with van der Waals surface area (Å²) in [6.45, 7) is 0. The van der Waals surface area contributed by atoms with Crippen LogP contribution in [0, 0.1) is 5.41 Å². The van der Waals surface area contributed by atoms with E-state index in [4.69, 9.17) is 14.9 Å². The van der Waals surface area contributed by atoms with E-state index in [1.165, 1.54) is 7.11 Å². The number of esters is 1. The van der Waals surface area contributed by atoms with E-state index in [2.05, 4.69) is 4.98 Å². The van der Waals surface area contributed by atoms with Gasteiger partial charge >= 0.3 is 11.7 Å². The minimum atomic E-state index is -0.490. The number of nitrogens with one attached hydrogen (secondary N) is 1. The Labute approximate surface area is 125 Å². The lowest BCUT2D eigenvalue weighted by Crippen LogP contribution is -2.13. The molecule has 0 aliphatic heterocycles. The topological polar surface area (TPSA) is 98.3 Å². The van der Waals surface area contributed by atoms with Gasteiger partial charge in [-0.15, -0.1) is 11.8 Å². The van der Waals surface area contributed by atoms with E-state index in [-0.39, 0.29) is 11.4 Å². The summed E-state index contributed by atoms with van der Waals surface area (Å²) in [6, 6.07) is 3.46. The van der Waals surface area contributed by atoms with Gasteiger partial charge in [0.1, 0.15) is 0 Å². The van der Waals surface area contributed by atoms with Crippen LogP contribution in [0.3, 0.4) is 0 Å². The lowest BCUT2D eigenvalue weighted by Gasteiger charge is -2.13. The molecule has 1 aromatic heterocycles. The number of carbonyl (C=O) groups is 1. The zero-order valence-corrected chi connectivity index (χ0v) is 12.4. The van der Waals surface area contributed by atoms with Crippen LogP contribution < -0.4 is 11.5 Å².